The highest BCUT2D eigenvalue weighted by molar-refractivity contribution is 5.94. The highest BCUT2D eigenvalue weighted by Crippen LogP contribution is 2.11. The van der Waals surface area contributed by atoms with Gasteiger partial charge in [0.05, 0.1) is 25.4 Å². The summed E-state index contributed by atoms with van der Waals surface area (Å²) in [6, 6.07) is 0.156. The van der Waals surface area contributed by atoms with Gasteiger partial charge in [0.2, 0.25) is 17.7 Å². The standard InChI is InChI=1S/C22H28N6O9/c23-14(5-11-1-3-13(30)4-2-11)19(33)28-17(9-29)21(35)26-15(6-12-8-24-10-25-12)20(34)27-16(22(36)37)7-18(31)32/h1-4,8,10,14-17,29-30H,5-7,9,23H2,(H,24,25)(H,26,35)(H,27,34)(H,28,33)(H,31,32)(H,36,37). The second-order valence-electron chi connectivity index (χ2n) is 8.06. The number of H-pyrrole nitrogens is 1. The number of carboxylic acid groups (broad SMARTS) is 2. The lowest BCUT2D eigenvalue weighted by atomic mass is 10.1. The van der Waals surface area contributed by atoms with Crippen LogP contribution in [0.4, 0.5) is 0 Å². The van der Waals surface area contributed by atoms with Crippen LogP contribution < -0.4 is 21.7 Å². The van der Waals surface area contributed by atoms with Crippen molar-refractivity contribution in [2.24, 2.45) is 5.73 Å². The SMILES string of the molecule is NC(Cc1ccc(O)cc1)C(=O)NC(CO)C(=O)NC(Cc1cnc[nH]1)C(=O)NC(CC(=O)O)C(=O)O. The third-order valence-electron chi connectivity index (χ3n) is 5.15. The maximum Gasteiger partial charge on any atom is 0.326 e. The lowest BCUT2D eigenvalue weighted by Gasteiger charge is -2.24. The van der Waals surface area contributed by atoms with Gasteiger partial charge in [-0.05, 0) is 24.1 Å². The Morgan fingerprint density at radius 2 is 1.49 bits per heavy atom. The minimum Gasteiger partial charge on any atom is -0.508 e. The zero-order valence-corrected chi connectivity index (χ0v) is 19.5. The topological polar surface area (TPSA) is 257 Å². The highest BCUT2D eigenvalue weighted by Gasteiger charge is 2.31. The number of aliphatic hydroxyl groups is 1. The molecule has 0 bridgehead atoms. The molecule has 0 radical (unpaired) electrons. The average molecular weight is 520 g/mol. The monoisotopic (exact) mass is 520 g/mol. The summed E-state index contributed by atoms with van der Waals surface area (Å²) in [4.78, 5) is 66.8. The van der Waals surface area contributed by atoms with E-state index in [1.54, 1.807) is 12.1 Å². The summed E-state index contributed by atoms with van der Waals surface area (Å²) in [5.74, 6) is -5.78. The molecular formula is C22H28N6O9. The van der Waals surface area contributed by atoms with Crippen molar-refractivity contribution in [1.82, 2.24) is 25.9 Å². The molecule has 10 N–H and O–H groups in total. The number of carbonyl (C=O) groups excluding carboxylic acids is 3. The summed E-state index contributed by atoms with van der Waals surface area (Å²) >= 11 is 0. The van der Waals surface area contributed by atoms with E-state index in [0.717, 1.165) is 0 Å². The number of amides is 3. The number of phenolic OH excluding ortho intramolecular Hbond substituents is 1. The maximum absolute atomic E-state index is 12.8. The first kappa shape index (κ1) is 28.7. The van der Waals surface area contributed by atoms with E-state index >= 15 is 0 Å². The molecular weight excluding hydrogens is 492 g/mol. The van der Waals surface area contributed by atoms with E-state index < -0.39 is 66.9 Å². The van der Waals surface area contributed by atoms with Gasteiger partial charge in [-0.1, -0.05) is 12.1 Å². The van der Waals surface area contributed by atoms with Crippen molar-refractivity contribution in [3.63, 3.8) is 0 Å². The van der Waals surface area contributed by atoms with E-state index in [4.69, 9.17) is 10.8 Å². The number of aromatic nitrogens is 2. The van der Waals surface area contributed by atoms with Crippen LogP contribution in [0.5, 0.6) is 5.75 Å². The Morgan fingerprint density at radius 3 is 2.03 bits per heavy atom. The fourth-order valence-electron chi connectivity index (χ4n) is 3.20. The third-order valence-corrected chi connectivity index (χ3v) is 5.15. The molecule has 37 heavy (non-hydrogen) atoms. The number of phenols is 1. The Kier molecular flexibility index (Phi) is 10.5. The molecule has 4 atom stereocenters. The van der Waals surface area contributed by atoms with Crippen molar-refractivity contribution in [2.75, 3.05) is 6.61 Å². The van der Waals surface area contributed by atoms with Crippen molar-refractivity contribution < 1.29 is 44.4 Å². The number of aliphatic hydroxyl groups excluding tert-OH is 1. The molecule has 2 aromatic rings. The number of carboxylic acids is 2. The van der Waals surface area contributed by atoms with Crippen LogP contribution in [0, 0.1) is 0 Å². The van der Waals surface area contributed by atoms with Crippen molar-refractivity contribution in [3.05, 3.63) is 48.0 Å². The first-order chi connectivity index (χ1) is 17.5. The zero-order valence-electron chi connectivity index (χ0n) is 19.5. The molecule has 2 rings (SSSR count). The molecule has 0 spiro atoms. The van der Waals surface area contributed by atoms with E-state index in [0.29, 0.717) is 11.3 Å². The van der Waals surface area contributed by atoms with Crippen molar-refractivity contribution in [1.29, 1.82) is 0 Å². The van der Waals surface area contributed by atoms with Gasteiger partial charge in [0, 0.05) is 18.3 Å². The number of nitrogens with two attached hydrogens (primary N) is 1. The molecule has 0 fully saturated rings. The lowest BCUT2D eigenvalue weighted by molar-refractivity contribution is -0.147. The van der Waals surface area contributed by atoms with Crippen LogP contribution in [0.2, 0.25) is 0 Å². The van der Waals surface area contributed by atoms with Gasteiger partial charge in [-0.2, -0.15) is 0 Å². The molecule has 4 unspecified atom stereocenters. The summed E-state index contributed by atoms with van der Waals surface area (Å²) in [6.45, 7) is -0.849. The highest BCUT2D eigenvalue weighted by atomic mass is 16.4. The van der Waals surface area contributed by atoms with E-state index in [2.05, 4.69) is 25.9 Å². The minimum atomic E-state index is -1.77. The predicted octanol–water partition coefficient (Wildman–Crippen LogP) is -2.77. The fourth-order valence-corrected chi connectivity index (χ4v) is 3.20. The predicted molar refractivity (Wildman–Crippen MR) is 125 cm³/mol. The molecule has 1 heterocycles. The van der Waals surface area contributed by atoms with Crippen LogP contribution in [0.1, 0.15) is 17.7 Å². The summed E-state index contributed by atoms with van der Waals surface area (Å²) in [7, 11) is 0. The number of hydrogen-bond donors (Lipinski definition) is 9. The number of nitrogens with one attached hydrogen (secondary N) is 4. The molecule has 0 aliphatic heterocycles. The van der Waals surface area contributed by atoms with Gasteiger partial charge in [-0.25, -0.2) is 9.78 Å². The van der Waals surface area contributed by atoms with Crippen LogP contribution in [0.25, 0.3) is 0 Å². The van der Waals surface area contributed by atoms with Gasteiger partial charge < -0.3 is 47.1 Å². The number of rotatable bonds is 14. The van der Waals surface area contributed by atoms with Crippen LogP contribution >= 0.6 is 0 Å². The van der Waals surface area contributed by atoms with Gasteiger partial charge in [0.1, 0.15) is 23.9 Å². The number of aliphatic carboxylic acids is 2. The van der Waals surface area contributed by atoms with Crippen LogP contribution in [-0.2, 0) is 36.8 Å². The Bertz CT molecular complexity index is 1090. The molecule has 15 nitrogen and oxygen atoms in total. The normalized spacial score (nSPS) is 14.0. The van der Waals surface area contributed by atoms with E-state index in [1.165, 1.54) is 24.7 Å². The molecule has 1 aromatic carbocycles. The first-order valence-electron chi connectivity index (χ1n) is 11.0. The van der Waals surface area contributed by atoms with E-state index in [-0.39, 0.29) is 18.6 Å². The Labute approximate surface area is 210 Å². The zero-order chi connectivity index (χ0) is 27.5. The number of aromatic hydroxyl groups is 1. The molecule has 15 heteroatoms. The molecule has 200 valence electrons. The summed E-state index contributed by atoms with van der Waals surface area (Å²) in [5.41, 5.74) is 6.90. The Morgan fingerprint density at radius 1 is 0.892 bits per heavy atom. The molecule has 0 aliphatic rings. The number of benzene rings is 1. The summed E-state index contributed by atoms with van der Waals surface area (Å²) in [6.07, 6.45) is 1.63. The summed E-state index contributed by atoms with van der Waals surface area (Å²) in [5, 5.41) is 43.8. The molecule has 0 saturated heterocycles. The number of hydrogen-bond acceptors (Lipinski definition) is 9. The smallest absolute Gasteiger partial charge is 0.326 e. The van der Waals surface area contributed by atoms with E-state index in [1.807, 2.05) is 0 Å². The average Bonchev–Trinajstić information content (AvgIpc) is 3.35. The number of aromatic amines is 1. The summed E-state index contributed by atoms with van der Waals surface area (Å²) < 4.78 is 0. The quantitative estimate of drug-likeness (QED) is 0.123. The van der Waals surface area contributed by atoms with Crippen LogP contribution in [-0.4, -0.2) is 90.8 Å². The Hall–Kier alpha value is -4.50. The first-order valence-corrected chi connectivity index (χ1v) is 11.0. The van der Waals surface area contributed by atoms with Crippen LogP contribution in [0.15, 0.2) is 36.8 Å². The van der Waals surface area contributed by atoms with Crippen LogP contribution in [0.3, 0.4) is 0 Å². The van der Waals surface area contributed by atoms with Gasteiger partial charge in [-0.15, -0.1) is 0 Å². The Balaban J connectivity index is 2.09. The second kappa shape index (κ2) is 13.6. The van der Waals surface area contributed by atoms with Gasteiger partial charge >= 0.3 is 11.9 Å². The van der Waals surface area contributed by atoms with Crippen molar-refractivity contribution in [2.45, 2.75) is 43.4 Å². The number of nitrogens with zero attached hydrogens (tertiary/aromatic N) is 1. The van der Waals surface area contributed by atoms with E-state index in [9.17, 15) is 39.3 Å². The van der Waals surface area contributed by atoms with Gasteiger partial charge in [0.25, 0.3) is 0 Å². The third kappa shape index (κ3) is 9.23. The van der Waals surface area contributed by atoms with Crippen molar-refractivity contribution in [3.8, 4) is 5.75 Å². The number of carbonyl (C=O) groups is 5. The molecule has 0 aliphatic carbocycles. The van der Waals surface area contributed by atoms with Gasteiger partial charge in [-0.3, -0.25) is 19.2 Å². The van der Waals surface area contributed by atoms with Crippen molar-refractivity contribution >= 4 is 29.7 Å². The number of imidazole rings is 1. The fraction of sp³-hybridized carbons (Fsp3) is 0.364. The molecule has 1 aromatic heterocycles. The van der Waals surface area contributed by atoms with Gasteiger partial charge in [0.15, 0.2) is 0 Å². The minimum absolute atomic E-state index is 0.0325. The lowest BCUT2D eigenvalue weighted by Crippen LogP contribution is -2.58. The molecule has 3 amide bonds. The largest absolute Gasteiger partial charge is 0.508 e. The molecule has 0 saturated carbocycles. The maximum atomic E-state index is 12.8. The second-order valence-corrected chi connectivity index (χ2v) is 8.06.